The van der Waals surface area contributed by atoms with E-state index in [9.17, 15) is 4.79 Å². The molecular formula is C12H15NO4. The predicted molar refractivity (Wildman–Crippen MR) is 61.6 cm³/mol. The van der Waals surface area contributed by atoms with Gasteiger partial charge in [-0.25, -0.2) is 0 Å². The molecule has 5 nitrogen and oxygen atoms in total. The number of ketones is 1. The van der Waals surface area contributed by atoms with Crippen molar-refractivity contribution in [2.45, 2.75) is 0 Å². The zero-order chi connectivity index (χ0) is 12.1. The molecule has 1 aromatic carbocycles. The second-order valence-electron chi connectivity index (χ2n) is 3.66. The van der Waals surface area contributed by atoms with Crippen LogP contribution in [0.3, 0.4) is 0 Å². The lowest BCUT2D eigenvalue weighted by Crippen LogP contribution is -2.26. The van der Waals surface area contributed by atoms with Crippen molar-refractivity contribution in [3.05, 3.63) is 23.8 Å². The van der Waals surface area contributed by atoms with E-state index in [4.69, 9.17) is 14.2 Å². The highest BCUT2D eigenvalue weighted by Crippen LogP contribution is 2.32. The Morgan fingerprint density at radius 2 is 2.24 bits per heavy atom. The van der Waals surface area contributed by atoms with E-state index in [0.29, 0.717) is 36.8 Å². The fourth-order valence-electron chi connectivity index (χ4n) is 1.55. The molecule has 1 N–H and O–H groups in total. The Morgan fingerprint density at radius 1 is 1.41 bits per heavy atom. The summed E-state index contributed by atoms with van der Waals surface area (Å²) in [5.41, 5.74) is 0.624. The minimum Gasteiger partial charge on any atom is -0.454 e. The molecule has 0 aliphatic carbocycles. The molecule has 1 aliphatic heterocycles. The zero-order valence-corrected chi connectivity index (χ0v) is 9.69. The van der Waals surface area contributed by atoms with Crippen LogP contribution < -0.4 is 14.8 Å². The van der Waals surface area contributed by atoms with Gasteiger partial charge < -0.3 is 19.5 Å². The summed E-state index contributed by atoms with van der Waals surface area (Å²) < 4.78 is 15.3. The molecule has 92 valence electrons. The van der Waals surface area contributed by atoms with Crippen molar-refractivity contribution in [2.24, 2.45) is 0 Å². The number of methoxy groups -OCH3 is 1. The molecule has 0 unspecified atom stereocenters. The highest BCUT2D eigenvalue weighted by Gasteiger charge is 2.15. The molecule has 0 saturated carbocycles. The number of hydrogen-bond donors (Lipinski definition) is 1. The molecule has 1 aromatic rings. The number of ether oxygens (including phenoxy) is 3. The SMILES string of the molecule is COCCNCC(=O)c1ccc2c(c1)OCO2. The largest absolute Gasteiger partial charge is 0.454 e. The van der Waals surface area contributed by atoms with Gasteiger partial charge in [0.05, 0.1) is 13.2 Å². The third-order valence-electron chi connectivity index (χ3n) is 2.46. The van der Waals surface area contributed by atoms with E-state index in [1.165, 1.54) is 0 Å². The first-order chi connectivity index (χ1) is 8.31. The van der Waals surface area contributed by atoms with Gasteiger partial charge in [-0.1, -0.05) is 0 Å². The van der Waals surface area contributed by atoms with E-state index in [1.807, 2.05) is 0 Å². The summed E-state index contributed by atoms with van der Waals surface area (Å²) in [5, 5.41) is 3.01. The molecule has 2 rings (SSSR count). The molecule has 1 aliphatic rings. The molecular weight excluding hydrogens is 222 g/mol. The number of hydrogen-bond acceptors (Lipinski definition) is 5. The minimum absolute atomic E-state index is 0.0272. The Morgan fingerprint density at radius 3 is 3.06 bits per heavy atom. The van der Waals surface area contributed by atoms with Crippen molar-refractivity contribution in [1.82, 2.24) is 5.32 Å². The fraction of sp³-hybridized carbons (Fsp3) is 0.417. The van der Waals surface area contributed by atoms with Gasteiger partial charge in [0.2, 0.25) is 6.79 Å². The summed E-state index contributed by atoms with van der Waals surface area (Å²) in [5.74, 6) is 1.35. The number of nitrogens with one attached hydrogen (secondary N) is 1. The second-order valence-corrected chi connectivity index (χ2v) is 3.66. The summed E-state index contributed by atoms with van der Waals surface area (Å²) in [6.07, 6.45) is 0. The van der Waals surface area contributed by atoms with E-state index < -0.39 is 0 Å². The first-order valence-electron chi connectivity index (χ1n) is 5.44. The van der Waals surface area contributed by atoms with Crippen molar-refractivity contribution < 1.29 is 19.0 Å². The lowest BCUT2D eigenvalue weighted by atomic mass is 10.1. The molecule has 0 bridgehead atoms. The highest BCUT2D eigenvalue weighted by atomic mass is 16.7. The normalized spacial score (nSPS) is 12.8. The van der Waals surface area contributed by atoms with Gasteiger partial charge in [0, 0.05) is 19.2 Å². The Kier molecular flexibility index (Phi) is 3.95. The molecule has 1 heterocycles. The van der Waals surface area contributed by atoms with Gasteiger partial charge in [-0.2, -0.15) is 0 Å². The second kappa shape index (κ2) is 5.65. The van der Waals surface area contributed by atoms with Gasteiger partial charge >= 0.3 is 0 Å². The van der Waals surface area contributed by atoms with Crippen LogP contribution in [0.25, 0.3) is 0 Å². The van der Waals surface area contributed by atoms with Gasteiger partial charge in [0.1, 0.15) is 0 Å². The maximum Gasteiger partial charge on any atom is 0.231 e. The average Bonchev–Trinajstić information content (AvgIpc) is 2.81. The molecule has 5 heteroatoms. The quantitative estimate of drug-likeness (QED) is 0.586. The monoisotopic (exact) mass is 237 g/mol. The van der Waals surface area contributed by atoms with Crippen molar-refractivity contribution in [2.75, 3.05) is 33.6 Å². The zero-order valence-electron chi connectivity index (χ0n) is 9.69. The first-order valence-corrected chi connectivity index (χ1v) is 5.44. The van der Waals surface area contributed by atoms with Crippen LogP contribution >= 0.6 is 0 Å². The van der Waals surface area contributed by atoms with Crippen LogP contribution in [0, 0.1) is 0 Å². The average molecular weight is 237 g/mol. The highest BCUT2D eigenvalue weighted by molar-refractivity contribution is 5.98. The lowest BCUT2D eigenvalue weighted by molar-refractivity contribution is 0.0987. The van der Waals surface area contributed by atoms with E-state index >= 15 is 0 Å². The Bertz CT molecular complexity index is 405. The van der Waals surface area contributed by atoms with Crippen LogP contribution in [0.4, 0.5) is 0 Å². The third kappa shape index (κ3) is 2.95. The van der Waals surface area contributed by atoms with Crippen LogP contribution in [0.2, 0.25) is 0 Å². The van der Waals surface area contributed by atoms with Gasteiger partial charge in [0.15, 0.2) is 17.3 Å². The third-order valence-corrected chi connectivity index (χ3v) is 2.46. The van der Waals surface area contributed by atoms with Crippen molar-refractivity contribution in [3.63, 3.8) is 0 Å². The number of fused-ring (bicyclic) bond motifs is 1. The van der Waals surface area contributed by atoms with E-state index in [1.54, 1.807) is 25.3 Å². The fourth-order valence-corrected chi connectivity index (χ4v) is 1.55. The molecule has 0 fully saturated rings. The summed E-state index contributed by atoms with van der Waals surface area (Å²) in [4.78, 5) is 11.8. The molecule has 0 aromatic heterocycles. The summed E-state index contributed by atoms with van der Waals surface area (Å²) in [6.45, 7) is 1.77. The summed E-state index contributed by atoms with van der Waals surface area (Å²) >= 11 is 0. The van der Waals surface area contributed by atoms with Crippen LogP contribution in [-0.4, -0.2) is 39.4 Å². The van der Waals surface area contributed by atoms with Crippen LogP contribution in [-0.2, 0) is 4.74 Å². The molecule has 0 saturated heterocycles. The Labute approximate surface area is 99.7 Å². The number of Topliss-reactive ketones (excluding diaryl/α,β-unsaturated/α-hetero) is 1. The van der Waals surface area contributed by atoms with Gasteiger partial charge in [-0.3, -0.25) is 4.79 Å². The smallest absolute Gasteiger partial charge is 0.231 e. The number of carbonyl (C=O) groups is 1. The first kappa shape index (κ1) is 11.9. The molecule has 0 amide bonds. The van der Waals surface area contributed by atoms with Gasteiger partial charge in [-0.05, 0) is 18.2 Å². The Balaban J connectivity index is 1.91. The van der Waals surface area contributed by atoms with E-state index in [0.717, 1.165) is 0 Å². The number of rotatable bonds is 6. The van der Waals surface area contributed by atoms with Crippen molar-refractivity contribution >= 4 is 5.78 Å². The van der Waals surface area contributed by atoms with Crippen LogP contribution in [0.5, 0.6) is 11.5 Å². The standard InChI is InChI=1S/C12H15NO4/c1-15-5-4-13-7-10(14)9-2-3-11-12(6-9)17-8-16-11/h2-3,6,13H,4-5,7-8H2,1H3. The van der Waals surface area contributed by atoms with Crippen LogP contribution in [0.15, 0.2) is 18.2 Å². The summed E-state index contributed by atoms with van der Waals surface area (Å²) in [6, 6.07) is 5.21. The molecule has 0 radical (unpaired) electrons. The van der Waals surface area contributed by atoms with Crippen molar-refractivity contribution in [3.8, 4) is 11.5 Å². The van der Waals surface area contributed by atoms with Gasteiger partial charge in [0.25, 0.3) is 0 Å². The number of benzene rings is 1. The number of carbonyl (C=O) groups excluding carboxylic acids is 1. The predicted octanol–water partition coefficient (Wildman–Crippen LogP) is 0.834. The lowest BCUT2D eigenvalue weighted by Gasteiger charge is -2.04. The molecule has 0 spiro atoms. The maximum absolute atomic E-state index is 11.8. The van der Waals surface area contributed by atoms with Gasteiger partial charge in [-0.15, -0.1) is 0 Å². The maximum atomic E-state index is 11.8. The van der Waals surface area contributed by atoms with E-state index in [2.05, 4.69) is 5.32 Å². The molecule has 0 atom stereocenters. The van der Waals surface area contributed by atoms with E-state index in [-0.39, 0.29) is 12.6 Å². The molecule has 17 heavy (non-hydrogen) atoms. The summed E-state index contributed by atoms with van der Waals surface area (Å²) in [7, 11) is 1.63. The Hall–Kier alpha value is -1.59. The topological polar surface area (TPSA) is 56.8 Å². The van der Waals surface area contributed by atoms with Crippen LogP contribution in [0.1, 0.15) is 10.4 Å². The minimum atomic E-state index is 0.0272. The van der Waals surface area contributed by atoms with Crippen molar-refractivity contribution in [1.29, 1.82) is 0 Å².